The molecule has 3 rings (SSSR count). The van der Waals surface area contributed by atoms with Crippen molar-refractivity contribution < 1.29 is 24.6 Å². The van der Waals surface area contributed by atoms with Gasteiger partial charge in [-0.05, 0) is 6.08 Å². The van der Waals surface area contributed by atoms with Crippen molar-refractivity contribution in [3.63, 3.8) is 0 Å². The fraction of sp³-hybridized carbons (Fsp3) is 0.217. The fourth-order valence-electron chi connectivity index (χ4n) is 1.70. The van der Waals surface area contributed by atoms with E-state index in [1.807, 2.05) is 42.5 Å². The second kappa shape index (κ2) is 21.3. The Morgan fingerprint density at radius 3 is 1.73 bits per heavy atom. The Hall–Kier alpha value is -1.73. The first-order valence-electron chi connectivity index (χ1n) is 7.56. The summed E-state index contributed by atoms with van der Waals surface area (Å²) >= 11 is 0. The Balaban J connectivity index is -0.000000140. The van der Waals surface area contributed by atoms with Gasteiger partial charge in [0.2, 0.25) is 0 Å². The summed E-state index contributed by atoms with van der Waals surface area (Å²) < 4.78 is 0. The van der Waals surface area contributed by atoms with Crippen LogP contribution in [0.1, 0.15) is 25.0 Å². The third kappa shape index (κ3) is 15.8. The van der Waals surface area contributed by atoms with Gasteiger partial charge in [-0.3, -0.25) is 4.99 Å². The summed E-state index contributed by atoms with van der Waals surface area (Å²) in [5, 5.41) is 9.24. The van der Waals surface area contributed by atoms with Crippen LogP contribution in [0.5, 0.6) is 5.75 Å². The van der Waals surface area contributed by atoms with Crippen molar-refractivity contribution in [2.45, 2.75) is 26.7 Å². The molecular formula is C23H32NORu. The molecular weight excluding hydrogens is 407 g/mol. The number of aryl methyl sites for hydroxylation is 2. The van der Waals surface area contributed by atoms with Crippen LogP contribution >= 0.6 is 0 Å². The van der Waals surface area contributed by atoms with Gasteiger partial charge >= 0.3 is 19.5 Å². The molecule has 0 fully saturated rings. The van der Waals surface area contributed by atoms with Gasteiger partial charge < -0.3 is 27.4 Å². The van der Waals surface area contributed by atoms with Crippen molar-refractivity contribution in [1.82, 2.24) is 0 Å². The fourth-order valence-corrected chi connectivity index (χ4v) is 1.70. The molecule has 2 aromatic carbocycles. The Morgan fingerprint density at radius 2 is 1.50 bits per heavy atom. The van der Waals surface area contributed by atoms with Gasteiger partial charge in [0.15, 0.2) is 0 Å². The van der Waals surface area contributed by atoms with Crippen molar-refractivity contribution in [3.8, 4) is 5.75 Å². The SMILES string of the molecule is C1=CCN=C1.CCc1[c-]c(CC)cc(O)c1.[CH3-].[CH3-].[CH3-].[Ru+5].[c-]1ccccc1. The summed E-state index contributed by atoms with van der Waals surface area (Å²) in [5.74, 6) is 0.359. The van der Waals surface area contributed by atoms with E-state index in [-0.39, 0.29) is 41.8 Å². The summed E-state index contributed by atoms with van der Waals surface area (Å²) in [6, 6.07) is 19.3. The summed E-state index contributed by atoms with van der Waals surface area (Å²) in [7, 11) is 0. The quantitative estimate of drug-likeness (QED) is 0.467. The second-order valence-corrected chi connectivity index (χ2v) is 4.62. The Morgan fingerprint density at radius 1 is 0.962 bits per heavy atom. The second-order valence-electron chi connectivity index (χ2n) is 4.62. The maximum Gasteiger partial charge on any atom is 5.00 e. The molecule has 1 radical (unpaired) electrons. The predicted octanol–water partition coefficient (Wildman–Crippen LogP) is 5.78. The maximum atomic E-state index is 9.24. The van der Waals surface area contributed by atoms with Crippen LogP contribution in [0, 0.1) is 34.4 Å². The number of phenols is 1. The first-order chi connectivity index (χ1) is 10.8. The van der Waals surface area contributed by atoms with E-state index in [4.69, 9.17) is 0 Å². The molecule has 0 atom stereocenters. The number of hydrogen-bond acceptors (Lipinski definition) is 2. The van der Waals surface area contributed by atoms with Gasteiger partial charge in [0.05, 0.1) is 6.54 Å². The molecule has 3 heteroatoms. The molecule has 1 N–H and O–H groups in total. The van der Waals surface area contributed by atoms with Crippen LogP contribution < -0.4 is 0 Å². The Kier molecular flexibility index (Phi) is 26.2. The summed E-state index contributed by atoms with van der Waals surface area (Å²) in [5.41, 5.74) is 2.17. The van der Waals surface area contributed by atoms with Gasteiger partial charge in [0.25, 0.3) is 0 Å². The van der Waals surface area contributed by atoms with Crippen LogP contribution in [0.4, 0.5) is 0 Å². The summed E-state index contributed by atoms with van der Waals surface area (Å²) in [6.45, 7) is 5.01. The molecule has 143 valence electrons. The Labute approximate surface area is 174 Å². The minimum Gasteiger partial charge on any atom is -0.533 e. The minimum absolute atomic E-state index is 0. The molecule has 0 amide bonds. The number of aliphatic imine (C=N–C) groups is 1. The average Bonchev–Trinajstić information content (AvgIpc) is 3.16. The van der Waals surface area contributed by atoms with E-state index in [2.05, 4.69) is 31.0 Å². The topological polar surface area (TPSA) is 32.6 Å². The molecule has 1 heterocycles. The van der Waals surface area contributed by atoms with Crippen LogP contribution in [0.3, 0.4) is 0 Å². The third-order valence-electron chi connectivity index (χ3n) is 2.87. The number of rotatable bonds is 2. The largest absolute Gasteiger partial charge is 5.00 e. The standard InChI is InChI=1S/C10H13O.C6H5.C4H5N.3CH3.Ru/c1-3-8-5-9(4-2)7-10(11)6-8;1-2-4-6-5-3-1;1-2-4-5-3-1;;;;/h6-7,11H,3-4H2,1-2H3;1-5H;1-3H,4H2;3*1H3;/q2*-1;;3*-1;+5. The maximum absolute atomic E-state index is 9.24. The minimum atomic E-state index is 0. The first-order valence-corrected chi connectivity index (χ1v) is 7.56. The van der Waals surface area contributed by atoms with Gasteiger partial charge in [0, 0.05) is 12.0 Å². The molecule has 1 aliphatic rings. The van der Waals surface area contributed by atoms with E-state index >= 15 is 0 Å². The van der Waals surface area contributed by atoms with Crippen molar-refractivity contribution >= 4 is 6.21 Å². The molecule has 0 saturated carbocycles. The van der Waals surface area contributed by atoms with Gasteiger partial charge in [-0.25, -0.2) is 0 Å². The summed E-state index contributed by atoms with van der Waals surface area (Å²) in [6.07, 6.45) is 7.63. The average molecular weight is 440 g/mol. The molecule has 0 aromatic heterocycles. The monoisotopic (exact) mass is 440 g/mol. The van der Waals surface area contributed by atoms with Crippen molar-refractivity contribution in [2.24, 2.45) is 4.99 Å². The molecule has 26 heavy (non-hydrogen) atoms. The molecule has 0 saturated heterocycles. The van der Waals surface area contributed by atoms with Gasteiger partial charge in [-0.2, -0.15) is 53.6 Å². The van der Waals surface area contributed by atoms with Gasteiger partial charge in [-0.15, -0.1) is 12.1 Å². The van der Waals surface area contributed by atoms with Gasteiger partial charge in [0.1, 0.15) is 0 Å². The van der Waals surface area contributed by atoms with E-state index in [1.165, 1.54) is 0 Å². The van der Waals surface area contributed by atoms with E-state index in [1.54, 1.807) is 18.3 Å². The van der Waals surface area contributed by atoms with Crippen LogP contribution in [0.25, 0.3) is 0 Å². The predicted molar refractivity (Wildman–Crippen MR) is 113 cm³/mol. The zero-order valence-electron chi connectivity index (χ0n) is 16.6. The molecule has 2 nitrogen and oxygen atoms in total. The number of allylic oxidation sites excluding steroid dienone is 1. The molecule has 1 aliphatic heterocycles. The zero-order chi connectivity index (χ0) is 16.0. The number of benzene rings is 2. The zero-order valence-corrected chi connectivity index (χ0v) is 18.4. The van der Waals surface area contributed by atoms with Crippen LogP contribution in [-0.2, 0) is 32.3 Å². The van der Waals surface area contributed by atoms with E-state index < -0.39 is 0 Å². The van der Waals surface area contributed by atoms with Gasteiger partial charge in [-0.1, -0.05) is 32.8 Å². The third-order valence-corrected chi connectivity index (χ3v) is 2.87. The summed E-state index contributed by atoms with van der Waals surface area (Å²) in [4.78, 5) is 3.85. The van der Waals surface area contributed by atoms with Crippen molar-refractivity contribution in [3.05, 3.63) is 100 Å². The van der Waals surface area contributed by atoms with E-state index in [9.17, 15) is 5.11 Å². The number of aromatic hydroxyl groups is 1. The Bertz CT molecular complexity index is 521. The van der Waals surface area contributed by atoms with Crippen LogP contribution in [0.15, 0.2) is 59.6 Å². The van der Waals surface area contributed by atoms with Crippen LogP contribution in [-0.4, -0.2) is 17.9 Å². The molecule has 0 aliphatic carbocycles. The molecule has 0 bridgehead atoms. The first kappa shape index (κ1) is 32.0. The number of hydrogen-bond donors (Lipinski definition) is 1. The normalized spacial score (nSPS) is 9.46. The van der Waals surface area contributed by atoms with E-state index in [0.29, 0.717) is 5.75 Å². The van der Waals surface area contributed by atoms with Crippen molar-refractivity contribution in [1.29, 1.82) is 0 Å². The smallest absolute Gasteiger partial charge is 0.533 e. The molecule has 0 spiro atoms. The van der Waals surface area contributed by atoms with Crippen molar-refractivity contribution in [2.75, 3.05) is 6.54 Å². The van der Waals surface area contributed by atoms with E-state index in [0.717, 1.165) is 30.5 Å². The number of nitrogens with zero attached hydrogens (tertiary/aromatic N) is 1. The number of phenolic OH excluding ortho intramolecular Hbond substituents is 1. The van der Waals surface area contributed by atoms with Crippen LogP contribution in [0.2, 0.25) is 0 Å². The molecule has 2 aromatic rings. The molecule has 0 unspecified atom stereocenters.